The minimum Gasteiger partial charge on any atom is -0.462 e. The Labute approximate surface area is 371 Å². The van der Waals surface area contributed by atoms with Gasteiger partial charge in [0.15, 0.2) is 11.4 Å². The summed E-state index contributed by atoms with van der Waals surface area (Å²) >= 11 is 0. The molecule has 0 aromatic rings. The van der Waals surface area contributed by atoms with Crippen molar-refractivity contribution in [2.45, 2.75) is 222 Å². The normalized spacial score (nSPS) is 14.8. The van der Waals surface area contributed by atoms with Crippen LogP contribution in [0.4, 0.5) is 9.18 Å². The molecule has 3 atom stereocenters. The van der Waals surface area contributed by atoms with Gasteiger partial charge >= 0.3 is 12.1 Å². The van der Waals surface area contributed by atoms with Crippen molar-refractivity contribution in [1.29, 1.82) is 0 Å². The third kappa shape index (κ3) is 31.9. The number of carbonyl (C=O) groups is 3. The predicted octanol–water partition coefficient (Wildman–Crippen LogP) is 13.5. The maximum Gasteiger partial charge on any atom is 0.508 e. The van der Waals surface area contributed by atoms with Crippen molar-refractivity contribution in [3.63, 3.8) is 0 Å². The summed E-state index contributed by atoms with van der Waals surface area (Å²) in [6.07, 6.45) is 31.1. The number of hydrogen-bond acceptors (Lipinski definition) is 9. The molecule has 1 aliphatic carbocycles. The van der Waals surface area contributed by atoms with Gasteiger partial charge in [-0.15, -0.1) is 6.42 Å². The van der Waals surface area contributed by atoms with E-state index in [0.717, 1.165) is 56.9 Å². The Morgan fingerprint density at radius 3 is 1.92 bits per heavy atom. The zero-order chi connectivity index (χ0) is 46.3. The van der Waals surface area contributed by atoms with Gasteiger partial charge in [-0.25, -0.2) is 9.79 Å². The molecule has 3 unspecified atom stereocenters. The fourth-order valence-corrected chi connectivity index (χ4v) is 5.95. The highest BCUT2D eigenvalue weighted by atomic mass is 19.1. The van der Waals surface area contributed by atoms with Gasteiger partial charge in [0.1, 0.15) is 30.8 Å². The Morgan fingerprint density at radius 2 is 1.44 bits per heavy atom. The largest absolute Gasteiger partial charge is 0.508 e. The number of ether oxygens (including phenoxy) is 4. The molecule has 0 aromatic heterocycles. The second-order valence-corrected chi connectivity index (χ2v) is 16.4. The summed E-state index contributed by atoms with van der Waals surface area (Å²) in [5.41, 5.74) is 6.35. The number of Topliss-reactive ketones (excluding diaryl/α,β-unsaturated/α-hetero) is 1. The molecule has 0 radical (unpaired) electrons. The van der Waals surface area contributed by atoms with Crippen LogP contribution in [0, 0.1) is 24.2 Å². The average Bonchev–Trinajstić information content (AvgIpc) is 3.22. The quantitative estimate of drug-likeness (QED) is 0.0181. The Morgan fingerprint density at radius 1 is 0.852 bits per heavy atom. The lowest BCUT2D eigenvalue weighted by molar-refractivity contribution is -0.147. The van der Waals surface area contributed by atoms with E-state index in [9.17, 15) is 18.8 Å². The summed E-state index contributed by atoms with van der Waals surface area (Å²) in [5, 5.41) is 0. The fourth-order valence-electron chi connectivity index (χ4n) is 5.95. The third-order valence-electron chi connectivity index (χ3n) is 10.6. The monoisotopic (exact) mass is 862 g/mol. The van der Waals surface area contributed by atoms with Gasteiger partial charge in [0.25, 0.3) is 0 Å². The smallest absolute Gasteiger partial charge is 0.462 e. The van der Waals surface area contributed by atoms with Crippen LogP contribution < -0.4 is 5.73 Å². The van der Waals surface area contributed by atoms with Crippen molar-refractivity contribution < 1.29 is 37.7 Å². The van der Waals surface area contributed by atoms with Gasteiger partial charge in [0.2, 0.25) is 5.95 Å². The van der Waals surface area contributed by atoms with Crippen LogP contribution in [-0.2, 0) is 28.5 Å². The van der Waals surface area contributed by atoms with Crippen LogP contribution in [0.5, 0.6) is 0 Å². The van der Waals surface area contributed by atoms with E-state index in [-0.39, 0.29) is 25.0 Å². The van der Waals surface area contributed by atoms with Crippen LogP contribution in [0.25, 0.3) is 0 Å². The number of esters is 1. The van der Waals surface area contributed by atoms with E-state index < -0.39 is 23.8 Å². The lowest BCUT2D eigenvalue weighted by Gasteiger charge is -2.26. The number of rotatable bonds is 31. The summed E-state index contributed by atoms with van der Waals surface area (Å²) in [6, 6.07) is 0. The average molecular weight is 862 g/mol. The molecule has 2 N–H and O–H groups in total. The maximum atomic E-state index is 13.4. The maximum absolute atomic E-state index is 13.4. The lowest BCUT2D eigenvalue weighted by atomic mass is 9.80. The molecular weight excluding hydrogens is 774 g/mol. The van der Waals surface area contributed by atoms with Crippen molar-refractivity contribution >= 4 is 30.0 Å². The Bertz CT molecular complexity index is 1330. The van der Waals surface area contributed by atoms with E-state index in [1.54, 1.807) is 0 Å². The van der Waals surface area contributed by atoms with Crippen molar-refractivity contribution in [2.75, 3.05) is 20.3 Å². The van der Waals surface area contributed by atoms with E-state index in [1.165, 1.54) is 83.8 Å². The Hall–Kier alpha value is -3.52. The molecule has 0 bridgehead atoms. The molecule has 0 heterocycles. The molecule has 1 fully saturated rings. The molecule has 0 spiro atoms. The first kappa shape index (κ1) is 59.6. The fraction of sp³-hybridized carbons (Fsp3) is 0.780. The number of aliphatic imine (C=N–C) groups is 2. The molecule has 10 nitrogen and oxygen atoms in total. The van der Waals surface area contributed by atoms with E-state index >= 15 is 0 Å². The number of allylic oxidation sites excluding steroid dienone is 2. The van der Waals surface area contributed by atoms with Crippen LogP contribution in [0.1, 0.15) is 210 Å². The number of unbranched alkanes of at least 4 members (excludes halogenated alkanes) is 11. The van der Waals surface area contributed by atoms with Crippen LogP contribution in [0.15, 0.2) is 33.3 Å². The van der Waals surface area contributed by atoms with Gasteiger partial charge in [-0.1, -0.05) is 138 Å². The molecule has 61 heavy (non-hydrogen) atoms. The van der Waals surface area contributed by atoms with Crippen molar-refractivity contribution in [3.05, 3.63) is 23.3 Å². The van der Waals surface area contributed by atoms with E-state index in [2.05, 4.69) is 43.6 Å². The zero-order valence-electron chi connectivity index (χ0n) is 40.3. The highest BCUT2D eigenvalue weighted by Gasteiger charge is 2.29. The first-order chi connectivity index (χ1) is 29.2. The zero-order valence-corrected chi connectivity index (χ0v) is 40.3. The number of terminal acetylenes is 1. The molecule has 1 aliphatic rings. The number of ketones is 1. The Balaban J connectivity index is 0. The first-order valence-electron chi connectivity index (χ1n) is 23.7. The summed E-state index contributed by atoms with van der Waals surface area (Å²) in [5.74, 6) is 3.24. The van der Waals surface area contributed by atoms with Gasteiger partial charge in [-0.05, 0) is 82.8 Å². The molecule has 0 saturated heterocycles. The van der Waals surface area contributed by atoms with Crippen molar-refractivity contribution in [2.24, 2.45) is 27.6 Å². The molecular formula is C50H88FN3O7. The van der Waals surface area contributed by atoms with Crippen LogP contribution in [0.2, 0.25) is 0 Å². The SMILES string of the molecule is C#CC(CCC)(COC(=O)OC(CC)COC(=O)CCCCCCCC)OC.CCC/C=C(F)/N=C(/N)C(N=CC(C)CC)=C(C)C.CCCCCCCCC(=O)C1CCC1. The van der Waals surface area contributed by atoms with Gasteiger partial charge in [0.05, 0.1) is 0 Å². The van der Waals surface area contributed by atoms with Crippen LogP contribution >= 0.6 is 0 Å². The summed E-state index contributed by atoms with van der Waals surface area (Å²) in [6.45, 7) is 18.1. The molecule has 1 saturated carbocycles. The summed E-state index contributed by atoms with van der Waals surface area (Å²) in [4.78, 5) is 43.3. The number of halogens is 1. The van der Waals surface area contributed by atoms with Crippen LogP contribution in [0.3, 0.4) is 0 Å². The molecule has 0 aliphatic heterocycles. The van der Waals surface area contributed by atoms with E-state index in [0.29, 0.717) is 49.0 Å². The highest BCUT2D eigenvalue weighted by Crippen LogP contribution is 2.28. The number of methoxy groups -OCH3 is 1. The topological polar surface area (TPSA) is 139 Å². The number of nitrogens with zero attached hydrogens (tertiary/aromatic N) is 2. The molecule has 1 rings (SSSR count). The van der Waals surface area contributed by atoms with Gasteiger partial charge in [-0.2, -0.15) is 4.39 Å². The van der Waals surface area contributed by atoms with E-state index in [1.807, 2.05) is 40.8 Å². The number of amidine groups is 1. The standard InChI is InChI=1S/C22H38O6.C15H26FN3.C13H24O/c1-6-10-11-12-13-14-15-20(23)26-17-19(8-3)28-21(24)27-18-22(9-4,25-5)16-7-2;1-6-8-9-13(16)19-15(17)14(11(3)4)18-10-12(5)7-2;1-2-3-4-5-6-7-11-13(14)12-9-8-10-12/h4,19H,6-8,10-18H2,1-3,5H3;9-10,12H,6-8H2,1-5H3,(H2,17,19);12H,2-11H2,1H3/b;13-9+,18-10?;. The molecule has 0 amide bonds. The van der Waals surface area contributed by atoms with Gasteiger partial charge in [-0.3, -0.25) is 14.6 Å². The van der Waals surface area contributed by atoms with Gasteiger partial charge < -0.3 is 24.7 Å². The molecule has 11 heteroatoms. The first-order valence-corrected chi connectivity index (χ1v) is 23.7. The van der Waals surface area contributed by atoms with Gasteiger partial charge in [0, 0.05) is 32.1 Å². The van der Waals surface area contributed by atoms with Crippen LogP contribution in [-0.4, -0.2) is 62.0 Å². The minimum atomic E-state index is -0.945. The molecule has 0 aromatic carbocycles. The third-order valence-corrected chi connectivity index (χ3v) is 10.6. The Kier molecular flexibility index (Phi) is 38.4. The second kappa shape index (κ2) is 39.3. The summed E-state index contributed by atoms with van der Waals surface area (Å²) in [7, 11) is 1.49. The second-order valence-electron chi connectivity index (χ2n) is 16.4. The highest BCUT2D eigenvalue weighted by molar-refractivity contribution is 5.99. The lowest BCUT2D eigenvalue weighted by Crippen LogP contribution is -2.37. The van der Waals surface area contributed by atoms with Crippen molar-refractivity contribution in [1.82, 2.24) is 0 Å². The van der Waals surface area contributed by atoms with E-state index in [4.69, 9.17) is 31.1 Å². The number of nitrogens with two attached hydrogens (primary N) is 1. The predicted molar refractivity (Wildman–Crippen MR) is 251 cm³/mol. The molecule has 352 valence electrons. The van der Waals surface area contributed by atoms with Crippen molar-refractivity contribution in [3.8, 4) is 12.3 Å². The summed E-state index contributed by atoms with van der Waals surface area (Å²) < 4.78 is 34.3. The minimum absolute atomic E-state index is 0.0276. The number of hydrogen-bond donors (Lipinski definition) is 1. The number of carbonyl (C=O) groups excluding carboxylic acids is 3.